The molecule has 0 aliphatic heterocycles. The predicted octanol–water partition coefficient (Wildman–Crippen LogP) is 3.21. The third kappa shape index (κ3) is 3.33. The minimum atomic E-state index is 0.223. The number of aromatic nitrogens is 1. The summed E-state index contributed by atoms with van der Waals surface area (Å²) in [5.41, 5.74) is 3.15. The summed E-state index contributed by atoms with van der Waals surface area (Å²) >= 11 is 1.45. The molecule has 0 bridgehead atoms. The van der Waals surface area contributed by atoms with Gasteiger partial charge in [-0.1, -0.05) is 36.4 Å². The lowest BCUT2D eigenvalue weighted by molar-refractivity contribution is 0.112. The highest BCUT2D eigenvalue weighted by molar-refractivity contribution is 7.07. The van der Waals surface area contributed by atoms with Crippen LogP contribution in [0.25, 0.3) is 11.3 Å². The average molecular weight is 337 g/mol. The molecule has 3 rings (SSSR count). The molecule has 3 aromatic rings. The van der Waals surface area contributed by atoms with Crippen molar-refractivity contribution in [3.8, 4) is 17.0 Å². The van der Waals surface area contributed by atoms with Crippen molar-refractivity contribution in [1.29, 1.82) is 0 Å². The smallest absolute Gasteiger partial charge is 0.210 e. The van der Waals surface area contributed by atoms with Crippen LogP contribution in [0.1, 0.15) is 15.9 Å². The van der Waals surface area contributed by atoms with E-state index >= 15 is 0 Å². The van der Waals surface area contributed by atoms with Crippen LogP contribution in [-0.2, 0) is 7.05 Å². The lowest BCUT2D eigenvalue weighted by Crippen LogP contribution is -2.10. The summed E-state index contributed by atoms with van der Waals surface area (Å²) in [7, 11) is 1.89. The van der Waals surface area contributed by atoms with Crippen molar-refractivity contribution in [1.82, 2.24) is 4.57 Å². The van der Waals surface area contributed by atoms with Crippen molar-refractivity contribution in [2.45, 2.75) is 0 Å². The molecule has 24 heavy (non-hydrogen) atoms. The van der Waals surface area contributed by atoms with E-state index in [1.54, 1.807) is 36.5 Å². The lowest BCUT2D eigenvalue weighted by atomic mass is 10.1. The number of carbonyl (C=O) groups is 1. The van der Waals surface area contributed by atoms with Gasteiger partial charge in [0.15, 0.2) is 6.29 Å². The Hall–Kier alpha value is -2.99. The van der Waals surface area contributed by atoms with Crippen molar-refractivity contribution >= 4 is 23.8 Å². The first-order valence-electron chi connectivity index (χ1n) is 7.24. The Kier molecular flexibility index (Phi) is 4.67. The predicted molar refractivity (Wildman–Crippen MR) is 95.4 cm³/mol. The van der Waals surface area contributed by atoms with Gasteiger partial charge in [0.25, 0.3) is 0 Å². The molecule has 0 aliphatic rings. The van der Waals surface area contributed by atoms with Gasteiger partial charge in [-0.2, -0.15) is 5.10 Å². The third-order valence-corrected chi connectivity index (χ3v) is 4.44. The Morgan fingerprint density at radius 3 is 2.67 bits per heavy atom. The number of phenolic OH excluding ortho intramolecular Hbond substituents is 1. The van der Waals surface area contributed by atoms with Gasteiger partial charge in [0, 0.05) is 29.1 Å². The molecular weight excluding hydrogens is 322 g/mol. The molecule has 5 nitrogen and oxygen atoms in total. The largest absolute Gasteiger partial charge is 0.508 e. The van der Waals surface area contributed by atoms with Crippen LogP contribution in [0.5, 0.6) is 5.75 Å². The summed E-state index contributed by atoms with van der Waals surface area (Å²) in [6.07, 6.45) is 2.37. The standard InChI is InChI=1S/C18H15N3O2S/c1-21-17(13-7-4-8-16(23)9-13)12-24-18(21)20-19-10-14-5-2-3-6-15(14)11-22/h2-12,23H,1H3/b19-10+,20-18-. The first-order valence-corrected chi connectivity index (χ1v) is 8.12. The summed E-state index contributed by atoms with van der Waals surface area (Å²) in [5, 5.41) is 19.9. The Labute approximate surface area is 142 Å². The molecule has 1 aromatic heterocycles. The van der Waals surface area contributed by atoms with Crippen LogP contribution in [0.3, 0.4) is 0 Å². The minimum absolute atomic E-state index is 0.223. The van der Waals surface area contributed by atoms with Gasteiger partial charge in [0.05, 0.1) is 11.9 Å². The monoisotopic (exact) mass is 337 g/mol. The molecule has 0 amide bonds. The molecule has 0 aliphatic carbocycles. The van der Waals surface area contributed by atoms with Crippen LogP contribution in [0.15, 0.2) is 64.1 Å². The number of phenols is 1. The molecular formula is C18H15N3O2S. The molecule has 0 fully saturated rings. The summed E-state index contributed by atoms with van der Waals surface area (Å²) < 4.78 is 1.91. The molecule has 0 saturated heterocycles. The van der Waals surface area contributed by atoms with Crippen LogP contribution in [0, 0.1) is 0 Å². The molecule has 0 atom stereocenters. The molecule has 0 saturated carbocycles. The van der Waals surface area contributed by atoms with Gasteiger partial charge < -0.3 is 9.67 Å². The van der Waals surface area contributed by atoms with Crippen LogP contribution < -0.4 is 4.80 Å². The van der Waals surface area contributed by atoms with E-state index in [9.17, 15) is 9.90 Å². The molecule has 0 unspecified atom stereocenters. The Balaban J connectivity index is 1.92. The molecule has 120 valence electrons. The molecule has 0 spiro atoms. The van der Waals surface area contributed by atoms with Crippen LogP contribution in [0.4, 0.5) is 0 Å². The van der Waals surface area contributed by atoms with E-state index in [0.717, 1.165) is 23.1 Å². The Morgan fingerprint density at radius 1 is 1.12 bits per heavy atom. The number of hydrogen-bond donors (Lipinski definition) is 1. The van der Waals surface area contributed by atoms with Gasteiger partial charge in [-0.25, -0.2) is 0 Å². The first kappa shape index (κ1) is 15.9. The Morgan fingerprint density at radius 2 is 1.92 bits per heavy atom. The number of aromatic hydroxyl groups is 1. The second kappa shape index (κ2) is 7.06. The van der Waals surface area contributed by atoms with Gasteiger partial charge in [-0.05, 0) is 12.1 Å². The SMILES string of the molecule is Cn1c(-c2cccc(O)c2)cs/c1=N\N=C\c1ccccc1C=O. The molecule has 0 radical (unpaired) electrons. The summed E-state index contributed by atoms with van der Waals surface area (Å²) in [6.45, 7) is 0. The van der Waals surface area contributed by atoms with E-state index in [1.807, 2.05) is 35.2 Å². The fourth-order valence-electron chi connectivity index (χ4n) is 2.26. The number of hydrogen-bond acceptors (Lipinski definition) is 5. The van der Waals surface area contributed by atoms with Crippen molar-refractivity contribution in [3.05, 3.63) is 69.8 Å². The normalized spacial score (nSPS) is 12.0. The summed E-state index contributed by atoms with van der Waals surface area (Å²) in [6, 6.07) is 14.3. The number of carbonyl (C=O) groups excluding carboxylic acids is 1. The van der Waals surface area contributed by atoms with Crippen LogP contribution in [-0.4, -0.2) is 22.2 Å². The quantitative estimate of drug-likeness (QED) is 0.451. The number of aldehydes is 1. The first-order chi connectivity index (χ1) is 11.7. The minimum Gasteiger partial charge on any atom is -0.508 e. The van der Waals surface area contributed by atoms with Gasteiger partial charge in [-0.3, -0.25) is 4.79 Å². The highest BCUT2D eigenvalue weighted by Gasteiger charge is 2.05. The maximum atomic E-state index is 11.0. The molecule has 1 N–H and O–H groups in total. The topological polar surface area (TPSA) is 66.9 Å². The van der Waals surface area contributed by atoms with Gasteiger partial charge in [-0.15, -0.1) is 16.4 Å². The van der Waals surface area contributed by atoms with Crippen molar-refractivity contribution in [2.75, 3.05) is 0 Å². The van der Waals surface area contributed by atoms with E-state index in [4.69, 9.17) is 0 Å². The van der Waals surface area contributed by atoms with E-state index in [-0.39, 0.29) is 5.75 Å². The van der Waals surface area contributed by atoms with Crippen molar-refractivity contribution in [2.24, 2.45) is 17.3 Å². The van der Waals surface area contributed by atoms with E-state index < -0.39 is 0 Å². The summed E-state index contributed by atoms with van der Waals surface area (Å²) in [5.74, 6) is 0.223. The molecule has 2 aromatic carbocycles. The number of rotatable bonds is 4. The van der Waals surface area contributed by atoms with E-state index in [1.165, 1.54) is 11.3 Å². The Bertz CT molecular complexity index is 970. The molecule has 1 heterocycles. The average Bonchev–Trinajstić information content (AvgIpc) is 2.96. The van der Waals surface area contributed by atoms with E-state index in [2.05, 4.69) is 10.2 Å². The van der Waals surface area contributed by atoms with E-state index in [0.29, 0.717) is 10.4 Å². The van der Waals surface area contributed by atoms with Crippen molar-refractivity contribution in [3.63, 3.8) is 0 Å². The number of thiazole rings is 1. The molecule has 6 heteroatoms. The highest BCUT2D eigenvalue weighted by atomic mass is 32.1. The fraction of sp³-hybridized carbons (Fsp3) is 0.0556. The zero-order chi connectivity index (χ0) is 16.9. The zero-order valence-electron chi connectivity index (χ0n) is 13.0. The zero-order valence-corrected chi connectivity index (χ0v) is 13.8. The fourth-order valence-corrected chi connectivity index (χ4v) is 3.13. The van der Waals surface area contributed by atoms with Crippen LogP contribution >= 0.6 is 11.3 Å². The number of nitrogens with zero attached hydrogens (tertiary/aromatic N) is 3. The second-order valence-corrected chi connectivity index (χ2v) is 5.94. The van der Waals surface area contributed by atoms with Gasteiger partial charge >= 0.3 is 0 Å². The highest BCUT2D eigenvalue weighted by Crippen LogP contribution is 2.22. The maximum Gasteiger partial charge on any atom is 0.210 e. The van der Waals surface area contributed by atoms with Gasteiger partial charge in [0.1, 0.15) is 5.75 Å². The van der Waals surface area contributed by atoms with Crippen LogP contribution in [0.2, 0.25) is 0 Å². The van der Waals surface area contributed by atoms with Gasteiger partial charge in [0.2, 0.25) is 4.80 Å². The van der Waals surface area contributed by atoms with Crippen molar-refractivity contribution < 1.29 is 9.90 Å². The maximum absolute atomic E-state index is 11.0. The summed E-state index contributed by atoms with van der Waals surface area (Å²) in [4.78, 5) is 11.7. The number of benzene rings is 2. The lowest BCUT2D eigenvalue weighted by Gasteiger charge is -2.02. The second-order valence-electron chi connectivity index (χ2n) is 5.10. The third-order valence-electron chi connectivity index (χ3n) is 3.53.